The van der Waals surface area contributed by atoms with E-state index in [0.29, 0.717) is 0 Å². The van der Waals surface area contributed by atoms with Crippen LogP contribution in [0, 0.1) is 0 Å². The zero-order valence-corrected chi connectivity index (χ0v) is 45.4. The van der Waals surface area contributed by atoms with Crippen molar-refractivity contribution in [3.05, 3.63) is 0 Å². The fourth-order valence-electron chi connectivity index (χ4n) is 10.7. The molecule has 4 nitrogen and oxygen atoms in total. The average molecular weight is 902 g/mol. The van der Waals surface area contributed by atoms with Crippen LogP contribution in [0.1, 0.15) is 310 Å². The Morgan fingerprint density at radius 1 is 0.172 bits per heavy atom. The third-order valence-corrected chi connectivity index (χ3v) is 15.1. The molecule has 1 aliphatic rings. The molecule has 0 amide bonds. The van der Waals surface area contributed by atoms with Crippen molar-refractivity contribution >= 4 is 0 Å². The summed E-state index contributed by atoms with van der Waals surface area (Å²) in [5.41, 5.74) is 0. The van der Waals surface area contributed by atoms with Crippen LogP contribution in [0.5, 0.6) is 0 Å². The molecule has 0 bridgehead atoms. The second-order valence-electron chi connectivity index (χ2n) is 21.5. The van der Waals surface area contributed by atoms with Gasteiger partial charge >= 0.3 is 0 Å². The molecule has 0 saturated carbocycles. The van der Waals surface area contributed by atoms with E-state index in [1.54, 1.807) is 0 Å². The lowest BCUT2D eigenvalue weighted by Gasteiger charge is -2.30. The molecule has 0 aromatic rings. The molecule has 0 unspecified atom stereocenters. The summed E-state index contributed by atoms with van der Waals surface area (Å²) in [6, 6.07) is 0. The van der Waals surface area contributed by atoms with Crippen LogP contribution in [0.4, 0.5) is 0 Å². The highest BCUT2D eigenvalue weighted by molar-refractivity contribution is 4.70. The highest BCUT2D eigenvalue weighted by Crippen LogP contribution is 2.16. The smallest absolute Gasteiger partial charge is 0.000654 e. The Bertz CT molecular complexity index is 697. The predicted molar refractivity (Wildman–Crippen MR) is 292 cm³/mol. The molecule has 1 fully saturated rings. The molecule has 64 heavy (non-hydrogen) atoms. The molecule has 0 aliphatic carbocycles. The molecule has 384 valence electrons. The molecule has 0 spiro atoms. The van der Waals surface area contributed by atoms with Crippen LogP contribution in [-0.2, 0) is 0 Å². The Hall–Kier alpha value is -0.160. The minimum atomic E-state index is 1.31. The molecule has 1 heterocycles. The number of hydrogen-bond acceptors (Lipinski definition) is 4. The summed E-state index contributed by atoms with van der Waals surface area (Å²) < 4.78 is 0. The van der Waals surface area contributed by atoms with Crippen LogP contribution in [0.2, 0.25) is 0 Å². The summed E-state index contributed by atoms with van der Waals surface area (Å²) in [6.45, 7) is 25.2. The fourth-order valence-corrected chi connectivity index (χ4v) is 10.7. The van der Waals surface area contributed by atoms with Gasteiger partial charge in [-0.25, -0.2) is 0 Å². The minimum absolute atomic E-state index is 1.31. The first kappa shape index (κ1) is 61.9. The lowest BCUT2D eigenvalue weighted by Crippen LogP contribution is -2.37. The van der Waals surface area contributed by atoms with E-state index in [0.717, 1.165) is 0 Å². The van der Waals surface area contributed by atoms with Crippen molar-refractivity contribution in [3.8, 4) is 0 Å². The Balaban J connectivity index is 2.79. The summed E-state index contributed by atoms with van der Waals surface area (Å²) in [7, 11) is 0. The maximum atomic E-state index is 2.92. The summed E-state index contributed by atoms with van der Waals surface area (Å²) in [6.07, 6.45) is 63.1. The molecule has 0 atom stereocenters. The number of unbranched alkanes of at least 4 members (excludes halogenated alkanes) is 36. The third-order valence-electron chi connectivity index (χ3n) is 15.1. The van der Waals surface area contributed by atoms with E-state index >= 15 is 0 Å². The van der Waals surface area contributed by atoms with Crippen LogP contribution in [-0.4, -0.2) is 98.1 Å². The molecular formula is C60H124N4. The van der Waals surface area contributed by atoms with Crippen molar-refractivity contribution in [2.45, 2.75) is 310 Å². The first-order valence-electron chi connectivity index (χ1n) is 30.6. The number of hydrogen-bond donors (Lipinski definition) is 0. The van der Waals surface area contributed by atoms with Crippen molar-refractivity contribution in [1.29, 1.82) is 0 Å². The number of rotatable bonds is 44. The Morgan fingerprint density at radius 2 is 0.297 bits per heavy atom. The highest BCUT2D eigenvalue weighted by atomic mass is 15.2. The van der Waals surface area contributed by atoms with Gasteiger partial charge < -0.3 is 19.6 Å². The van der Waals surface area contributed by atoms with E-state index < -0.39 is 0 Å². The zero-order chi connectivity index (χ0) is 45.9. The van der Waals surface area contributed by atoms with Gasteiger partial charge in [-0.2, -0.15) is 0 Å². The van der Waals surface area contributed by atoms with Crippen molar-refractivity contribution < 1.29 is 0 Å². The lowest BCUT2D eigenvalue weighted by molar-refractivity contribution is 0.177. The average Bonchev–Trinajstić information content (AvgIpc) is 3.30. The standard InChI is InChI=1S/C60H124N4/c1-5-9-13-17-21-25-29-33-37-41-49-61-53-45-55-62(50-42-38-34-30-26-22-18-14-10-6-2)57-47-59-64(52-44-40-36-32-28-24-20-16-12-8-4)60-48-58-63(56-46-54-61)51-43-39-35-31-27-23-19-15-11-7-3/h5-60H2,1-4H3. The first-order chi connectivity index (χ1) is 31.7. The highest BCUT2D eigenvalue weighted by Gasteiger charge is 2.14. The van der Waals surface area contributed by atoms with Gasteiger partial charge in [0.15, 0.2) is 0 Å². The summed E-state index contributed by atoms with van der Waals surface area (Å²) in [4.78, 5) is 11.7. The van der Waals surface area contributed by atoms with Gasteiger partial charge in [0.2, 0.25) is 0 Å². The van der Waals surface area contributed by atoms with Crippen LogP contribution in [0.15, 0.2) is 0 Å². The topological polar surface area (TPSA) is 13.0 Å². The number of nitrogens with zero attached hydrogens (tertiary/aromatic N) is 4. The molecule has 4 heteroatoms. The normalized spacial score (nSPS) is 16.3. The van der Waals surface area contributed by atoms with Crippen LogP contribution in [0.25, 0.3) is 0 Å². The monoisotopic (exact) mass is 901 g/mol. The van der Waals surface area contributed by atoms with Gasteiger partial charge in [0, 0.05) is 0 Å². The Morgan fingerprint density at radius 3 is 0.438 bits per heavy atom. The third kappa shape index (κ3) is 44.4. The molecule has 1 saturated heterocycles. The van der Waals surface area contributed by atoms with E-state index in [1.807, 2.05) is 0 Å². The fraction of sp³-hybridized carbons (Fsp3) is 1.00. The van der Waals surface area contributed by atoms with E-state index in [9.17, 15) is 0 Å². The van der Waals surface area contributed by atoms with Crippen LogP contribution >= 0.6 is 0 Å². The maximum absolute atomic E-state index is 2.92. The van der Waals surface area contributed by atoms with Crippen molar-refractivity contribution in [2.75, 3.05) is 78.5 Å². The zero-order valence-electron chi connectivity index (χ0n) is 45.4. The van der Waals surface area contributed by atoms with Gasteiger partial charge in [-0.3, -0.25) is 0 Å². The molecular weight excluding hydrogens is 777 g/mol. The molecule has 1 rings (SSSR count). The minimum Gasteiger partial charge on any atom is -0.303 e. The Labute approximate surface area is 406 Å². The van der Waals surface area contributed by atoms with E-state index in [-0.39, 0.29) is 0 Å². The summed E-state index contributed by atoms with van der Waals surface area (Å²) >= 11 is 0. The molecule has 0 radical (unpaired) electrons. The van der Waals surface area contributed by atoms with Gasteiger partial charge in [-0.05, 0) is 130 Å². The van der Waals surface area contributed by atoms with E-state index in [2.05, 4.69) is 47.3 Å². The predicted octanol–water partition coefficient (Wildman–Crippen LogP) is 18.5. The largest absolute Gasteiger partial charge is 0.303 e. The second-order valence-corrected chi connectivity index (χ2v) is 21.5. The summed E-state index contributed by atoms with van der Waals surface area (Å²) in [5, 5.41) is 0. The van der Waals surface area contributed by atoms with Gasteiger partial charge in [0.05, 0.1) is 0 Å². The van der Waals surface area contributed by atoms with Gasteiger partial charge in [-0.1, -0.05) is 259 Å². The molecule has 0 aromatic heterocycles. The molecule has 0 aromatic carbocycles. The SMILES string of the molecule is CCCCCCCCCCCCN1CCCN(CCCCCCCCCCCC)CCCN(CCCCCCCCCCCC)CCCN(CCCCCCCCCCCC)CCC1. The first-order valence-corrected chi connectivity index (χ1v) is 30.6. The van der Waals surface area contributed by atoms with Gasteiger partial charge in [-0.15, -0.1) is 0 Å². The van der Waals surface area contributed by atoms with Crippen molar-refractivity contribution in [3.63, 3.8) is 0 Å². The molecule has 1 aliphatic heterocycles. The van der Waals surface area contributed by atoms with E-state index in [4.69, 9.17) is 0 Å². The summed E-state index contributed by atoms with van der Waals surface area (Å²) in [5.74, 6) is 0. The second kappa shape index (κ2) is 52.2. The quantitative estimate of drug-likeness (QED) is 0.0565. The van der Waals surface area contributed by atoms with E-state index in [1.165, 1.54) is 361 Å². The van der Waals surface area contributed by atoms with Crippen molar-refractivity contribution in [1.82, 2.24) is 19.6 Å². The van der Waals surface area contributed by atoms with Crippen LogP contribution in [0.3, 0.4) is 0 Å². The molecule has 0 N–H and O–H groups in total. The van der Waals surface area contributed by atoms with Crippen LogP contribution < -0.4 is 0 Å². The van der Waals surface area contributed by atoms with Crippen molar-refractivity contribution in [2.24, 2.45) is 0 Å². The van der Waals surface area contributed by atoms with Gasteiger partial charge in [0.25, 0.3) is 0 Å². The van der Waals surface area contributed by atoms with Gasteiger partial charge in [0.1, 0.15) is 0 Å². The lowest BCUT2D eigenvalue weighted by atomic mass is 10.1. The maximum Gasteiger partial charge on any atom is -0.000654 e. The Kier molecular flexibility index (Phi) is 50.5.